The van der Waals surface area contributed by atoms with E-state index >= 15 is 0 Å². The van der Waals surface area contributed by atoms with Crippen LogP contribution in [-0.2, 0) is 11.0 Å². The Morgan fingerprint density at radius 3 is 2.17 bits per heavy atom. The highest BCUT2D eigenvalue weighted by Gasteiger charge is 2.31. The molecule has 2 rings (SSSR count). The molecule has 1 aliphatic heterocycles. The SMILES string of the molecule is CN1CCCC1=O.FC(F)(F)c1cnc(Cl)nc1. The normalized spacial score (nSPS) is 15.4. The fraction of sp³-hybridized carbons (Fsp3) is 0.500. The number of carbonyl (C=O) groups is 1. The van der Waals surface area contributed by atoms with E-state index in [1.165, 1.54) is 0 Å². The summed E-state index contributed by atoms with van der Waals surface area (Å²) in [6.07, 6.45) is -1.32. The molecule has 1 amide bonds. The van der Waals surface area contributed by atoms with Gasteiger partial charge in [-0.25, -0.2) is 9.97 Å². The summed E-state index contributed by atoms with van der Waals surface area (Å²) in [5.74, 6) is 0.292. The summed E-state index contributed by atoms with van der Waals surface area (Å²) < 4.78 is 35.4. The predicted octanol–water partition coefficient (Wildman–Crippen LogP) is 2.39. The molecule has 8 heteroatoms. The quantitative estimate of drug-likeness (QED) is 0.686. The molecule has 0 atom stereocenters. The Bertz CT molecular complexity index is 408. The van der Waals surface area contributed by atoms with Gasteiger partial charge in [-0.05, 0) is 18.0 Å². The molecule has 18 heavy (non-hydrogen) atoms. The summed E-state index contributed by atoms with van der Waals surface area (Å²) in [6.45, 7) is 0.957. The van der Waals surface area contributed by atoms with Crippen molar-refractivity contribution in [3.8, 4) is 0 Å². The van der Waals surface area contributed by atoms with Gasteiger partial charge in [-0.1, -0.05) is 0 Å². The summed E-state index contributed by atoms with van der Waals surface area (Å²) in [5, 5.41) is -0.196. The Kier molecular flexibility index (Phi) is 4.89. The fourth-order valence-corrected chi connectivity index (χ4v) is 1.34. The standard InChI is InChI=1S/C5H2ClF3N2.C5H9NO/c6-4-10-1-3(2-11-4)5(7,8)9;1-6-4-2-3-5(6)7/h1-2H;2-4H2,1H3. The molecule has 100 valence electrons. The van der Waals surface area contributed by atoms with E-state index in [1.54, 1.807) is 4.90 Å². The lowest BCUT2D eigenvalue weighted by atomic mass is 10.3. The van der Waals surface area contributed by atoms with Crippen molar-refractivity contribution < 1.29 is 18.0 Å². The smallest absolute Gasteiger partial charge is 0.346 e. The number of alkyl halides is 3. The lowest BCUT2D eigenvalue weighted by molar-refractivity contribution is -0.138. The van der Waals surface area contributed by atoms with Gasteiger partial charge >= 0.3 is 6.18 Å². The van der Waals surface area contributed by atoms with Crippen molar-refractivity contribution in [1.29, 1.82) is 0 Å². The average Bonchev–Trinajstić information content (AvgIpc) is 2.63. The number of hydrogen-bond acceptors (Lipinski definition) is 3. The van der Waals surface area contributed by atoms with Crippen LogP contribution in [0.25, 0.3) is 0 Å². The number of halogens is 4. The highest BCUT2D eigenvalue weighted by atomic mass is 35.5. The highest BCUT2D eigenvalue weighted by molar-refractivity contribution is 6.28. The van der Waals surface area contributed by atoms with Crippen LogP contribution >= 0.6 is 11.6 Å². The van der Waals surface area contributed by atoms with E-state index in [9.17, 15) is 18.0 Å². The zero-order chi connectivity index (χ0) is 13.8. The predicted molar refractivity (Wildman–Crippen MR) is 58.9 cm³/mol. The topological polar surface area (TPSA) is 46.1 Å². The first-order valence-corrected chi connectivity index (χ1v) is 5.47. The molecule has 0 aromatic carbocycles. The minimum absolute atomic E-state index is 0.196. The van der Waals surface area contributed by atoms with Crippen LogP contribution in [0.3, 0.4) is 0 Å². The van der Waals surface area contributed by atoms with Gasteiger partial charge in [0.25, 0.3) is 0 Å². The van der Waals surface area contributed by atoms with Crippen LogP contribution in [0, 0.1) is 0 Å². The molecule has 4 nitrogen and oxygen atoms in total. The maximum atomic E-state index is 11.8. The van der Waals surface area contributed by atoms with Gasteiger partial charge in [0.05, 0.1) is 5.56 Å². The molecule has 1 aromatic heterocycles. The molecule has 0 bridgehead atoms. The lowest BCUT2D eigenvalue weighted by Gasteiger charge is -2.03. The minimum Gasteiger partial charge on any atom is -0.346 e. The number of rotatable bonds is 0. The first-order chi connectivity index (χ1) is 8.30. The van der Waals surface area contributed by atoms with Crippen molar-refractivity contribution in [2.24, 2.45) is 0 Å². The molecule has 1 aromatic rings. The molecule has 2 heterocycles. The summed E-state index contributed by atoms with van der Waals surface area (Å²) in [5.41, 5.74) is -0.901. The Hall–Kier alpha value is -1.37. The monoisotopic (exact) mass is 281 g/mol. The molecule has 0 radical (unpaired) electrons. The first kappa shape index (κ1) is 14.7. The molecule has 1 aliphatic rings. The van der Waals surface area contributed by atoms with Gasteiger partial charge < -0.3 is 4.90 Å². The second kappa shape index (κ2) is 5.99. The van der Waals surface area contributed by atoms with Crippen molar-refractivity contribution >= 4 is 17.5 Å². The van der Waals surface area contributed by atoms with Crippen LogP contribution in [0.5, 0.6) is 0 Å². The number of aromatic nitrogens is 2. The number of amides is 1. The minimum atomic E-state index is -4.40. The lowest BCUT2D eigenvalue weighted by Crippen LogP contribution is -2.17. The molecule has 0 N–H and O–H groups in total. The Morgan fingerprint density at radius 2 is 1.89 bits per heavy atom. The van der Waals surface area contributed by atoms with E-state index in [-0.39, 0.29) is 5.28 Å². The van der Waals surface area contributed by atoms with Gasteiger partial charge in [-0.2, -0.15) is 13.2 Å². The van der Waals surface area contributed by atoms with Gasteiger partial charge in [-0.3, -0.25) is 4.79 Å². The van der Waals surface area contributed by atoms with Crippen molar-refractivity contribution in [3.63, 3.8) is 0 Å². The molecule has 0 aliphatic carbocycles. The van der Waals surface area contributed by atoms with Gasteiger partial charge in [-0.15, -0.1) is 0 Å². The number of likely N-dealkylation sites (tertiary alicyclic amines) is 1. The Morgan fingerprint density at radius 1 is 1.33 bits per heavy atom. The van der Waals surface area contributed by atoms with Crippen LogP contribution in [0.1, 0.15) is 18.4 Å². The third kappa shape index (κ3) is 4.48. The van der Waals surface area contributed by atoms with Crippen LogP contribution in [0.4, 0.5) is 13.2 Å². The largest absolute Gasteiger partial charge is 0.419 e. The van der Waals surface area contributed by atoms with Crippen molar-refractivity contribution in [3.05, 3.63) is 23.2 Å². The average molecular weight is 282 g/mol. The summed E-state index contributed by atoms with van der Waals surface area (Å²) in [6, 6.07) is 0. The molecule has 1 saturated heterocycles. The van der Waals surface area contributed by atoms with Crippen LogP contribution in [0.15, 0.2) is 12.4 Å². The van der Waals surface area contributed by atoms with Crippen LogP contribution in [-0.4, -0.2) is 34.4 Å². The van der Waals surface area contributed by atoms with Crippen molar-refractivity contribution in [1.82, 2.24) is 14.9 Å². The van der Waals surface area contributed by atoms with Crippen molar-refractivity contribution in [2.45, 2.75) is 19.0 Å². The zero-order valence-electron chi connectivity index (χ0n) is 9.54. The van der Waals surface area contributed by atoms with E-state index in [4.69, 9.17) is 11.6 Å². The van der Waals surface area contributed by atoms with Gasteiger partial charge in [0.1, 0.15) is 0 Å². The zero-order valence-corrected chi connectivity index (χ0v) is 10.3. The second-order valence-corrected chi connectivity index (χ2v) is 4.00. The second-order valence-electron chi connectivity index (χ2n) is 3.66. The molecule has 0 unspecified atom stereocenters. The van der Waals surface area contributed by atoms with Gasteiger partial charge in [0.15, 0.2) is 0 Å². The Balaban J connectivity index is 0.000000199. The van der Waals surface area contributed by atoms with Gasteiger partial charge in [0.2, 0.25) is 11.2 Å². The van der Waals surface area contributed by atoms with Crippen LogP contribution in [0.2, 0.25) is 5.28 Å². The van der Waals surface area contributed by atoms with E-state index < -0.39 is 11.7 Å². The van der Waals surface area contributed by atoms with E-state index in [0.29, 0.717) is 18.3 Å². The molecular formula is C10H11ClF3N3O. The fourth-order valence-electron chi connectivity index (χ4n) is 1.24. The third-order valence-electron chi connectivity index (χ3n) is 2.26. The van der Waals surface area contributed by atoms with Crippen LogP contribution < -0.4 is 0 Å². The highest BCUT2D eigenvalue weighted by Crippen LogP contribution is 2.27. The number of nitrogens with zero attached hydrogens (tertiary/aromatic N) is 3. The maximum Gasteiger partial charge on any atom is 0.419 e. The molecule has 1 fully saturated rings. The van der Waals surface area contributed by atoms with E-state index in [1.807, 2.05) is 7.05 Å². The maximum absolute atomic E-state index is 11.8. The third-order valence-corrected chi connectivity index (χ3v) is 2.45. The summed E-state index contributed by atoms with van der Waals surface area (Å²) in [4.78, 5) is 18.6. The summed E-state index contributed by atoms with van der Waals surface area (Å²) >= 11 is 5.17. The molecular weight excluding hydrogens is 271 g/mol. The Labute approximate surface area is 107 Å². The summed E-state index contributed by atoms with van der Waals surface area (Å²) in [7, 11) is 1.84. The van der Waals surface area contributed by atoms with E-state index in [0.717, 1.165) is 19.4 Å². The van der Waals surface area contributed by atoms with E-state index in [2.05, 4.69) is 9.97 Å². The van der Waals surface area contributed by atoms with Crippen molar-refractivity contribution in [2.75, 3.05) is 13.6 Å². The molecule has 0 saturated carbocycles. The number of carbonyl (C=O) groups excluding carboxylic acids is 1. The first-order valence-electron chi connectivity index (χ1n) is 5.09. The molecule has 0 spiro atoms. The van der Waals surface area contributed by atoms with Gasteiger partial charge in [0, 0.05) is 32.4 Å². The number of hydrogen-bond donors (Lipinski definition) is 0.